The number of carbonyl (C=O) groups is 1. The summed E-state index contributed by atoms with van der Waals surface area (Å²) in [5.74, 6) is 1.26. The van der Waals surface area contributed by atoms with Gasteiger partial charge in [0, 0.05) is 13.0 Å². The van der Waals surface area contributed by atoms with E-state index >= 15 is 0 Å². The first-order valence-electron chi connectivity index (χ1n) is 7.53. The molecule has 0 radical (unpaired) electrons. The standard InChI is InChI=1S/C16H29NO/c1-13(18)5-8-17-9-6-16(7-10-17)11-14(12-16)15(2,3)4/h14H,5-12H2,1-4H3. The molecule has 2 heteroatoms. The molecule has 0 bridgehead atoms. The van der Waals surface area contributed by atoms with Gasteiger partial charge in [-0.05, 0) is 62.4 Å². The highest BCUT2D eigenvalue weighted by molar-refractivity contribution is 5.75. The van der Waals surface area contributed by atoms with Gasteiger partial charge in [0.2, 0.25) is 0 Å². The number of ketones is 1. The van der Waals surface area contributed by atoms with Crippen LogP contribution in [0.5, 0.6) is 0 Å². The minimum atomic E-state index is 0.326. The molecule has 2 fully saturated rings. The Morgan fingerprint density at radius 2 is 1.78 bits per heavy atom. The molecular weight excluding hydrogens is 222 g/mol. The van der Waals surface area contributed by atoms with Gasteiger partial charge < -0.3 is 4.90 Å². The van der Waals surface area contributed by atoms with Gasteiger partial charge in [0.25, 0.3) is 0 Å². The second-order valence-electron chi connectivity index (χ2n) is 7.76. The highest BCUT2D eigenvalue weighted by atomic mass is 16.1. The number of hydrogen-bond donors (Lipinski definition) is 0. The summed E-state index contributed by atoms with van der Waals surface area (Å²) in [5.41, 5.74) is 1.17. The zero-order chi connectivity index (χ0) is 13.4. The summed E-state index contributed by atoms with van der Waals surface area (Å²) in [6.45, 7) is 12.2. The van der Waals surface area contributed by atoms with Crippen molar-refractivity contribution in [3.8, 4) is 0 Å². The second kappa shape index (κ2) is 4.96. The van der Waals surface area contributed by atoms with Crippen LogP contribution in [0.4, 0.5) is 0 Å². The van der Waals surface area contributed by atoms with Crippen molar-refractivity contribution in [2.45, 2.75) is 59.8 Å². The molecule has 0 aromatic carbocycles. The van der Waals surface area contributed by atoms with Crippen molar-refractivity contribution in [1.29, 1.82) is 0 Å². The predicted molar refractivity (Wildman–Crippen MR) is 75.6 cm³/mol. The van der Waals surface area contributed by atoms with Crippen LogP contribution < -0.4 is 0 Å². The van der Waals surface area contributed by atoms with E-state index in [0.717, 1.165) is 18.9 Å². The van der Waals surface area contributed by atoms with Crippen molar-refractivity contribution in [3.63, 3.8) is 0 Å². The molecule has 0 unspecified atom stereocenters. The zero-order valence-corrected chi connectivity index (χ0v) is 12.6. The van der Waals surface area contributed by atoms with Crippen LogP contribution in [0, 0.1) is 16.7 Å². The van der Waals surface area contributed by atoms with Gasteiger partial charge in [-0.15, -0.1) is 0 Å². The van der Waals surface area contributed by atoms with E-state index in [2.05, 4.69) is 25.7 Å². The van der Waals surface area contributed by atoms with Gasteiger partial charge in [0.15, 0.2) is 0 Å². The molecule has 1 heterocycles. The molecule has 1 aliphatic carbocycles. The Bertz CT molecular complexity index is 300. The zero-order valence-electron chi connectivity index (χ0n) is 12.6. The summed E-state index contributed by atoms with van der Waals surface area (Å²) in [6, 6.07) is 0. The number of piperidine rings is 1. The van der Waals surface area contributed by atoms with E-state index in [-0.39, 0.29) is 0 Å². The van der Waals surface area contributed by atoms with Crippen LogP contribution in [0.15, 0.2) is 0 Å². The molecule has 2 nitrogen and oxygen atoms in total. The fourth-order valence-electron chi connectivity index (χ4n) is 3.57. The summed E-state index contributed by atoms with van der Waals surface area (Å²) >= 11 is 0. The molecule has 0 N–H and O–H groups in total. The second-order valence-corrected chi connectivity index (χ2v) is 7.76. The number of nitrogens with zero attached hydrogens (tertiary/aromatic N) is 1. The van der Waals surface area contributed by atoms with Crippen LogP contribution in [-0.4, -0.2) is 30.3 Å². The lowest BCUT2D eigenvalue weighted by Crippen LogP contribution is -2.50. The van der Waals surface area contributed by atoms with E-state index in [9.17, 15) is 4.79 Å². The molecule has 1 saturated heterocycles. The van der Waals surface area contributed by atoms with Gasteiger partial charge in [-0.3, -0.25) is 4.79 Å². The Kier molecular flexibility index (Phi) is 3.87. The molecule has 2 rings (SSSR count). The third-order valence-corrected chi connectivity index (χ3v) is 5.28. The monoisotopic (exact) mass is 251 g/mol. The number of Topliss-reactive ketones (excluding diaryl/α,β-unsaturated/α-hetero) is 1. The van der Waals surface area contributed by atoms with Crippen molar-refractivity contribution in [2.24, 2.45) is 16.7 Å². The van der Waals surface area contributed by atoms with Crippen molar-refractivity contribution in [3.05, 3.63) is 0 Å². The molecule has 1 spiro atoms. The lowest BCUT2D eigenvalue weighted by molar-refractivity contribution is -0.117. The number of carbonyl (C=O) groups excluding carboxylic acids is 1. The lowest BCUT2D eigenvalue weighted by Gasteiger charge is -2.56. The van der Waals surface area contributed by atoms with Crippen molar-refractivity contribution in [1.82, 2.24) is 4.90 Å². The third kappa shape index (κ3) is 3.14. The van der Waals surface area contributed by atoms with E-state index in [0.29, 0.717) is 16.6 Å². The Morgan fingerprint density at radius 1 is 1.22 bits per heavy atom. The average Bonchev–Trinajstić information content (AvgIpc) is 2.22. The van der Waals surface area contributed by atoms with E-state index in [1.165, 1.54) is 38.8 Å². The van der Waals surface area contributed by atoms with Crippen molar-refractivity contribution >= 4 is 5.78 Å². The molecule has 1 saturated carbocycles. The average molecular weight is 251 g/mol. The SMILES string of the molecule is CC(=O)CCN1CCC2(CC1)CC(C(C)(C)C)C2. The van der Waals surface area contributed by atoms with Gasteiger partial charge in [-0.1, -0.05) is 20.8 Å². The minimum absolute atomic E-state index is 0.326. The van der Waals surface area contributed by atoms with Crippen LogP contribution in [0.2, 0.25) is 0 Å². The number of rotatable bonds is 3. The molecular formula is C16H29NO. The third-order valence-electron chi connectivity index (χ3n) is 5.28. The summed E-state index contributed by atoms with van der Waals surface area (Å²) in [4.78, 5) is 13.5. The number of hydrogen-bond acceptors (Lipinski definition) is 2. The van der Waals surface area contributed by atoms with Crippen LogP contribution in [0.25, 0.3) is 0 Å². The first-order chi connectivity index (χ1) is 8.31. The smallest absolute Gasteiger partial charge is 0.131 e. The van der Waals surface area contributed by atoms with Crippen molar-refractivity contribution in [2.75, 3.05) is 19.6 Å². The topological polar surface area (TPSA) is 20.3 Å². The predicted octanol–water partition coefficient (Wildman–Crippen LogP) is 3.50. The first-order valence-corrected chi connectivity index (χ1v) is 7.53. The van der Waals surface area contributed by atoms with E-state index in [4.69, 9.17) is 0 Å². The largest absolute Gasteiger partial charge is 0.303 e. The molecule has 18 heavy (non-hydrogen) atoms. The molecule has 2 aliphatic rings. The Labute approximate surface area is 112 Å². The molecule has 1 aliphatic heterocycles. The summed E-state index contributed by atoms with van der Waals surface area (Å²) < 4.78 is 0. The summed E-state index contributed by atoms with van der Waals surface area (Å²) in [6.07, 6.45) is 6.33. The van der Waals surface area contributed by atoms with E-state index < -0.39 is 0 Å². The Balaban J connectivity index is 1.73. The summed E-state index contributed by atoms with van der Waals surface area (Å²) in [7, 11) is 0. The van der Waals surface area contributed by atoms with E-state index in [1.807, 2.05) is 0 Å². The maximum atomic E-state index is 11.0. The number of likely N-dealkylation sites (tertiary alicyclic amines) is 1. The van der Waals surface area contributed by atoms with Crippen LogP contribution in [0.3, 0.4) is 0 Å². The van der Waals surface area contributed by atoms with Gasteiger partial charge >= 0.3 is 0 Å². The fraction of sp³-hybridized carbons (Fsp3) is 0.938. The highest BCUT2D eigenvalue weighted by Gasteiger charge is 2.49. The Hall–Kier alpha value is -0.370. The fourth-order valence-corrected chi connectivity index (χ4v) is 3.57. The lowest BCUT2D eigenvalue weighted by atomic mass is 9.52. The van der Waals surface area contributed by atoms with Crippen molar-refractivity contribution < 1.29 is 4.79 Å². The van der Waals surface area contributed by atoms with E-state index in [1.54, 1.807) is 6.92 Å². The normalized spacial score (nSPS) is 25.1. The maximum Gasteiger partial charge on any atom is 0.131 e. The first kappa shape index (κ1) is 14.0. The molecule has 0 aromatic rings. The quantitative estimate of drug-likeness (QED) is 0.765. The maximum absolute atomic E-state index is 11.0. The van der Waals surface area contributed by atoms with Gasteiger partial charge in [0.05, 0.1) is 0 Å². The minimum Gasteiger partial charge on any atom is -0.303 e. The molecule has 0 aromatic heterocycles. The van der Waals surface area contributed by atoms with Crippen LogP contribution in [0.1, 0.15) is 59.8 Å². The van der Waals surface area contributed by atoms with Crippen LogP contribution >= 0.6 is 0 Å². The van der Waals surface area contributed by atoms with Gasteiger partial charge in [-0.25, -0.2) is 0 Å². The molecule has 104 valence electrons. The Morgan fingerprint density at radius 3 is 2.22 bits per heavy atom. The highest BCUT2D eigenvalue weighted by Crippen LogP contribution is 2.57. The van der Waals surface area contributed by atoms with Gasteiger partial charge in [-0.2, -0.15) is 0 Å². The van der Waals surface area contributed by atoms with Crippen LogP contribution in [-0.2, 0) is 4.79 Å². The molecule has 0 amide bonds. The summed E-state index contributed by atoms with van der Waals surface area (Å²) in [5, 5.41) is 0. The molecule has 0 atom stereocenters. The van der Waals surface area contributed by atoms with Gasteiger partial charge in [0.1, 0.15) is 5.78 Å².